The number of hydrogen-bond acceptors (Lipinski definition) is 16. The lowest BCUT2D eigenvalue weighted by Crippen LogP contribution is -3.00. The Labute approximate surface area is 293 Å². The Balaban J connectivity index is 0.00000650. The third-order valence-corrected chi connectivity index (χ3v) is 7.88. The first-order valence-electron chi connectivity index (χ1n) is 16.5. The van der Waals surface area contributed by atoms with Crippen molar-refractivity contribution in [1.29, 1.82) is 0 Å². The zero-order valence-electron chi connectivity index (χ0n) is 28.0. The van der Waals surface area contributed by atoms with Gasteiger partial charge in [0.1, 0.15) is 18.3 Å². The van der Waals surface area contributed by atoms with Crippen LogP contribution in [0.25, 0.3) is 0 Å². The number of aliphatic hydroxyl groups excluding tert-OH is 1. The number of rotatable bonds is 21. The molecule has 49 heavy (non-hydrogen) atoms. The van der Waals surface area contributed by atoms with E-state index in [-0.39, 0.29) is 31.5 Å². The molecule has 18 nitrogen and oxygen atoms in total. The molecule has 0 spiro atoms. The van der Waals surface area contributed by atoms with E-state index in [9.17, 15) is 9.90 Å². The van der Waals surface area contributed by atoms with Gasteiger partial charge in [0.2, 0.25) is 23.8 Å². The SMILES string of the molecule is C#CCOCCOCCOCCNc1nc(N2CCOCC2)nc(N2CCN(C(=O)[C@H](CCCCN)n3cc([C@@H](N)CO)nn3)CC2)n1.[Cl-]. The lowest BCUT2D eigenvalue weighted by atomic mass is 10.1. The van der Waals surface area contributed by atoms with Crippen LogP contribution in [0, 0.1) is 12.3 Å². The Bertz CT molecular complexity index is 1270. The molecule has 0 aromatic carbocycles. The average molecular weight is 710 g/mol. The molecule has 2 saturated heterocycles. The quantitative estimate of drug-likeness (QED) is 0.0708. The molecule has 0 radical (unpaired) electrons. The first-order valence-corrected chi connectivity index (χ1v) is 16.5. The summed E-state index contributed by atoms with van der Waals surface area (Å²) in [7, 11) is 0. The highest BCUT2D eigenvalue weighted by Crippen LogP contribution is 2.23. The number of piperazine rings is 1. The third kappa shape index (κ3) is 12.8. The maximum Gasteiger partial charge on any atom is 0.247 e. The Morgan fingerprint density at radius 2 is 1.63 bits per heavy atom. The molecule has 1 amide bonds. The topological polar surface area (TPSA) is 217 Å². The zero-order chi connectivity index (χ0) is 34.0. The summed E-state index contributed by atoms with van der Waals surface area (Å²) in [6, 6.07) is -1.20. The molecule has 4 heterocycles. The molecule has 274 valence electrons. The largest absolute Gasteiger partial charge is 1.00 e. The maximum atomic E-state index is 13.8. The van der Waals surface area contributed by atoms with E-state index in [4.69, 9.17) is 46.8 Å². The number of unbranched alkanes of at least 4 members (excludes halogenated alkanes) is 1. The lowest BCUT2D eigenvalue weighted by Gasteiger charge is -2.36. The van der Waals surface area contributed by atoms with Crippen molar-refractivity contribution < 1.29 is 41.3 Å². The van der Waals surface area contributed by atoms with Crippen molar-refractivity contribution in [3.8, 4) is 12.3 Å². The first kappa shape index (κ1) is 40.0. The van der Waals surface area contributed by atoms with Crippen LogP contribution in [0.15, 0.2) is 6.20 Å². The maximum absolute atomic E-state index is 13.8. The number of hydrogen-bond donors (Lipinski definition) is 4. The van der Waals surface area contributed by atoms with Gasteiger partial charge in [-0.25, -0.2) is 4.68 Å². The molecular formula is C30H50ClN12O6-. The zero-order valence-corrected chi connectivity index (χ0v) is 28.8. The lowest BCUT2D eigenvalue weighted by molar-refractivity contribution is -0.135. The van der Waals surface area contributed by atoms with E-state index in [0.717, 1.165) is 12.8 Å². The molecule has 2 fully saturated rings. The fraction of sp³-hybridized carbons (Fsp3) is 0.733. The van der Waals surface area contributed by atoms with Crippen LogP contribution in [0.4, 0.5) is 17.8 Å². The number of ether oxygens (including phenoxy) is 4. The van der Waals surface area contributed by atoms with Gasteiger partial charge in [0.25, 0.3) is 0 Å². The minimum atomic E-state index is -0.660. The second-order valence-corrected chi connectivity index (χ2v) is 11.3. The highest BCUT2D eigenvalue weighted by Gasteiger charge is 2.31. The molecule has 2 aliphatic heterocycles. The number of morpholine rings is 1. The third-order valence-electron chi connectivity index (χ3n) is 7.88. The predicted molar refractivity (Wildman–Crippen MR) is 177 cm³/mol. The van der Waals surface area contributed by atoms with Crippen molar-refractivity contribution in [2.45, 2.75) is 31.3 Å². The number of nitrogens with zero attached hydrogens (tertiary/aromatic N) is 9. The number of nitrogens with two attached hydrogens (primary N) is 2. The van der Waals surface area contributed by atoms with Gasteiger partial charge in [-0.05, 0) is 25.8 Å². The molecule has 2 atom stereocenters. The van der Waals surface area contributed by atoms with Gasteiger partial charge in [-0.15, -0.1) is 11.5 Å². The van der Waals surface area contributed by atoms with Crippen LogP contribution in [0.1, 0.15) is 37.0 Å². The number of terminal acetylenes is 1. The minimum absolute atomic E-state index is 0. The number of aromatic nitrogens is 6. The molecule has 2 aliphatic rings. The van der Waals surface area contributed by atoms with Crippen molar-refractivity contribution in [1.82, 2.24) is 34.8 Å². The van der Waals surface area contributed by atoms with Gasteiger partial charge in [-0.1, -0.05) is 11.1 Å². The predicted octanol–water partition coefficient (Wildman–Crippen LogP) is -4.59. The van der Waals surface area contributed by atoms with Crippen molar-refractivity contribution in [3.05, 3.63) is 11.9 Å². The standard InChI is InChI=1S/C30H50N12O6.ClH/c1-2-14-45-18-20-48-21-19-46-15-7-33-28-34-29(36-30(35-28)41-12-16-47-17-13-41)40-10-8-39(9-11-40)27(44)26(5-3-4-6-31)42-22-25(37-38-42)24(32)23-43;/h1,22,24,26,43H,3-21,23,31-32H2,(H,33,34,35,36);1H/p-1/t24-,26-;/m0./s1. The molecular weight excluding hydrogens is 660 g/mol. The Morgan fingerprint density at radius 1 is 0.980 bits per heavy atom. The van der Waals surface area contributed by atoms with Crippen LogP contribution in [0.5, 0.6) is 0 Å². The van der Waals surface area contributed by atoms with Gasteiger partial charge < -0.3 is 67.9 Å². The van der Waals surface area contributed by atoms with Crippen molar-refractivity contribution >= 4 is 23.8 Å². The summed E-state index contributed by atoms with van der Waals surface area (Å²) in [5.74, 6) is 3.94. The number of carbonyl (C=O) groups is 1. The number of halogens is 1. The highest BCUT2D eigenvalue weighted by molar-refractivity contribution is 5.80. The summed E-state index contributed by atoms with van der Waals surface area (Å²) in [6.07, 6.45) is 8.92. The number of carbonyl (C=O) groups excluding carboxylic acids is 1. The van der Waals surface area contributed by atoms with E-state index in [1.807, 2.05) is 4.90 Å². The van der Waals surface area contributed by atoms with Gasteiger partial charge in [-0.3, -0.25) is 4.79 Å². The molecule has 0 bridgehead atoms. The fourth-order valence-electron chi connectivity index (χ4n) is 5.18. The number of amides is 1. The summed E-state index contributed by atoms with van der Waals surface area (Å²) in [5, 5.41) is 21.0. The Hall–Kier alpha value is -3.41. The smallest absolute Gasteiger partial charge is 0.247 e. The van der Waals surface area contributed by atoms with E-state index in [1.165, 1.54) is 0 Å². The second-order valence-electron chi connectivity index (χ2n) is 11.3. The molecule has 2 aromatic rings. The number of nitrogens with one attached hydrogen (secondary N) is 1. The molecule has 6 N–H and O–H groups in total. The molecule has 0 saturated carbocycles. The average Bonchev–Trinajstić information content (AvgIpc) is 3.62. The van der Waals surface area contributed by atoms with E-state index >= 15 is 0 Å². The van der Waals surface area contributed by atoms with Crippen LogP contribution >= 0.6 is 0 Å². The summed E-state index contributed by atoms with van der Waals surface area (Å²) in [5.41, 5.74) is 12.1. The van der Waals surface area contributed by atoms with Crippen molar-refractivity contribution in [3.63, 3.8) is 0 Å². The number of aliphatic hydroxyl groups is 1. The van der Waals surface area contributed by atoms with E-state index in [2.05, 4.69) is 36.3 Å². The van der Waals surface area contributed by atoms with Gasteiger partial charge in [-0.2, -0.15) is 15.0 Å². The van der Waals surface area contributed by atoms with Crippen LogP contribution in [0.3, 0.4) is 0 Å². The van der Waals surface area contributed by atoms with Crippen LogP contribution in [-0.4, -0.2) is 158 Å². The van der Waals surface area contributed by atoms with Crippen LogP contribution < -0.4 is 39.0 Å². The molecule has 0 aliphatic carbocycles. The van der Waals surface area contributed by atoms with E-state index < -0.39 is 12.1 Å². The van der Waals surface area contributed by atoms with E-state index in [0.29, 0.717) is 129 Å². The number of anilines is 3. The van der Waals surface area contributed by atoms with Gasteiger partial charge >= 0.3 is 0 Å². The summed E-state index contributed by atoms with van der Waals surface area (Å²) in [4.78, 5) is 34.0. The Kier molecular flexibility index (Phi) is 18.2. The highest BCUT2D eigenvalue weighted by atomic mass is 35.5. The van der Waals surface area contributed by atoms with Crippen molar-refractivity contribution in [2.75, 3.05) is 127 Å². The van der Waals surface area contributed by atoms with Gasteiger partial charge in [0, 0.05) is 45.8 Å². The first-order chi connectivity index (χ1) is 23.5. The summed E-state index contributed by atoms with van der Waals surface area (Å²) < 4.78 is 23.4. The molecule has 19 heteroatoms. The Morgan fingerprint density at radius 3 is 2.29 bits per heavy atom. The van der Waals surface area contributed by atoms with E-state index in [1.54, 1.807) is 10.9 Å². The molecule has 0 unspecified atom stereocenters. The summed E-state index contributed by atoms with van der Waals surface area (Å²) in [6.45, 7) is 7.93. The fourth-order valence-corrected chi connectivity index (χ4v) is 5.18. The minimum Gasteiger partial charge on any atom is -1.00 e. The van der Waals surface area contributed by atoms with Crippen molar-refractivity contribution in [2.24, 2.45) is 11.5 Å². The second kappa shape index (κ2) is 22.3. The van der Waals surface area contributed by atoms with Crippen LogP contribution in [0.2, 0.25) is 0 Å². The van der Waals surface area contributed by atoms with Gasteiger partial charge in [0.15, 0.2) is 0 Å². The summed E-state index contributed by atoms with van der Waals surface area (Å²) >= 11 is 0. The monoisotopic (exact) mass is 709 g/mol. The molecule has 2 aromatic heterocycles. The van der Waals surface area contributed by atoms with Gasteiger partial charge in [0.05, 0.1) is 65.1 Å². The normalized spacial score (nSPS) is 16.2. The van der Waals surface area contributed by atoms with Crippen LogP contribution in [-0.2, 0) is 23.7 Å². The molecule has 4 rings (SSSR count).